The quantitative estimate of drug-likeness (QED) is 0.672. The number of rotatable bonds is 4. The third-order valence-electron chi connectivity index (χ3n) is 3.54. The molecule has 0 bridgehead atoms. The van der Waals surface area contributed by atoms with Gasteiger partial charge in [-0.2, -0.15) is 0 Å². The molecule has 106 valence electrons. The van der Waals surface area contributed by atoms with Gasteiger partial charge in [-0.15, -0.1) is 0 Å². The molecule has 3 rings (SSSR count). The SMILES string of the molecule is CCOc1ccc(-c2cc3ccc(C)cn3c2C=O)cc1. The monoisotopic (exact) mass is 279 g/mol. The van der Waals surface area contributed by atoms with Crippen molar-refractivity contribution < 1.29 is 9.53 Å². The lowest BCUT2D eigenvalue weighted by molar-refractivity contribution is 0.111. The average molecular weight is 279 g/mol. The first kappa shape index (κ1) is 13.4. The number of benzene rings is 1. The maximum absolute atomic E-state index is 11.5. The van der Waals surface area contributed by atoms with Crippen molar-refractivity contribution in [3.8, 4) is 16.9 Å². The number of carbonyl (C=O) groups is 1. The molecule has 0 amide bonds. The lowest BCUT2D eigenvalue weighted by Gasteiger charge is -2.05. The molecule has 21 heavy (non-hydrogen) atoms. The molecule has 3 heteroatoms. The molecule has 3 nitrogen and oxygen atoms in total. The minimum Gasteiger partial charge on any atom is -0.494 e. The lowest BCUT2D eigenvalue weighted by Crippen LogP contribution is -1.93. The molecule has 3 aromatic rings. The van der Waals surface area contributed by atoms with Crippen molar-refractivity contribution in [3.63, 3.8) is 0 Å². The second kappa shape index (κ2) is 5.44. The standard InChI is InChI=1S/C18H17NO2/c1-3-21-16-8-5-14(6-9-16)17-10-15-7-4-13(2)11-19(15)18(17)12-20/h4-12H,3H2,1-2H3. The summed E-state index contributed by atoms with van der Waals surface area (Å²) in [4.78, 5) is 11.5. The summed E-state index contributed by atoms with van der Waals surface area (Å²) < 4.78 is 7.39. The second-order valence-electron chi connectivity index (χ2n) is 5.02. The van der Waals surface area contributed by atoms with E-state index >= 15 is 0 Å². The Labute approximate surface area is 123 Å². The Kier molecular flexibility index (Phi) is 3.48. The number of pyridine rings is 1. The minimum absolute atomic E-state index is 0.647. The van der Waals surface area contributed by atoms with Crippen molar-refractivity contribution in [3.05, 3.63) is 59.9 Å². The van der Waals surface area contributed by atoms with Gasteiger partial charge in [0, 0.05) is 17.3 Å². The first-order valence-electron chi connectivity index (χ1n) is 7.03. The molecule has 0 spiro atoms. The Morgan fingerprint density at radius 3 is 2.57 bits per heavy atom. The molecule has 2 heterocycles. The highest BCUT2D eigenvalue weighted by molar-refractivity contribution is 5.89. The molecule has 0 saturated carbocycles. The number of hydrogen-bond donors (Lipinski definition) is 0. The smallest absolute Gasteiger partial charge is 0.167 e. The van der Waals surface area contributed by atoms with Gasteiger partial charge in [0.2, 0.25) is 0 Å². The van der Waals surface area contributed by atoms with E-state index < -0.39 is 0 Å². The van der Waals surface area contributed by atoms with Gasteiger partial charge in [0.05, 0.1) is 12.3 Å². The Hall–Kier alpha value is -2.55. The number of nitrogens with zero attached hydrogens (tertiary/aromatic N) is 1. The number of aryl methyl sites for hydroxylation is 1. The third-order valence-corrected chi connectivity index (χ3v) is 3.54. The molecule has 0 saturated heterocycles. The third kappa shape index (κ3) is 2.42. The summed E-state index contributed by atoms with van der Waals surface area (Å²) in [5.41, 5.74) is 4.78. The Morgan fingerprint density at radius 1 is 1.14 bits per heavy atom. The minimum atomic E-state index is 0.647. The van der Waals surface area contributed by atoms with Crippen molar-refractivity contribution >= 4 is 11.8 Å². The Morgan fingerprint density at radius 2 is 1.90 bits per heavy atom. The first-order valence-corrected chi connectivity index (χ1v) is 7.03. The summed E-state index contributed by atoms with van der Waals surface area (Å²) in [5, 5.41) is 0. The highest BCUT2D eigenvalue weighted by Gasteiger charge is 2.11. The molecular weight excluding hydrogens is 262 g/mol. The molecule has 0 aliphatic carbocycles. The van der Waals surface area contributed by atoms with Crippen LogP contribution in [-0.2, 0) is 0 Å². The van der Waals surface area contributed by atoms with E-state index in [1.165, 1.54) is 0 Å². The lowest BCUT2D eigenvalue weighted by atomic mass is 10.1. The largest absolute Gasteiger partial charge is 0.494 e. The molecule has 0 unspecified atom stereocenters. The fraction of sp³-hybridized carbons (Fsp3) is 0.167. The zero-order valence-corrected chi connectivity index (χ0v) is 12.2. The zero-order valence-electron chi connectivity index (χ0n) is 12.2. The van der Waals surface area contributed by atoms with Gasteiger partial charge in [0.1, 0.15) is 5.75 Å². The fourth-order valence-electron chi connectivity index (χ4n) is 2.55. The highest BCUT2D eigenvalue weighted by atomic mass is 16.5. The highest BCUT2D eigenvalue weighted by Crippen LogP contribution is 2.28. The number of ether oxygens (including phenoxy) is 1. The van der Waals surface area contributed by atoms with Gasteiger partial charge in [-0.1, -0.05) is 18.2 Å². The van der Waals surface area contributed by atoms with E-state index in [1.54, 1.807) is 0 Å². The number of aldehydes is 1. The maximum Gasteiger partial charge on any atom is 0.167 e. The fourth-order valence-corrected chi connectivity index (χ4v) is 2.55. The molecular formula is C18H17NO2. The van der Waals surface area contributed by atoms with Crippen LogP contribution in [0, 0.1) is 6.92 Å². The summed E-state index contributed by atoms with van der Waals surface area (Å²) >= 11 is 0. The van der Waals surface area contributed by atoms with E-state index in [-0.39, 0.29) is 0 Å². The maximum atomic E-state index is 11.5. The average Bonchev–Trinajstić information content (AvgIpc) is 2.86. The van der Waals surface area contributed by atoms with E-state index in [4.69, 9.17) is 4.74 Å². The number of aromatic nitrogens is 1. The van der Waals surface area contributed by atoms with Crippen molar-refractivity contribution in [2.75, 3.05) is 6.61 Å². The van der Waals surface area contributed by atoms with Crippen LogP contribution in [0.15, 0.2) is 48.7 Å². The molecule has 0 aliphatic heterocycles. The van der Waals surface area contributed by atoms with E-state index in [1.807, 2.05) is 66.9 Å². The summed E-state index contributed by atoms with van der Waals surface area (Å²) in [6.07, 6.45) is 2.90. The number of carbonyl (C=O) groups excluding carboxylic acids is 1. The van der Waals surface area contributed by atoms with Crippen LogP contribution >= 0.6 is 0 Å². The molecule has 0 N–H and O–H groups in total. The summed E-state index contributed by atoms with van der Waals surface area (Å²) in [5.74, 6) is 0.841. The number of fused-ring (bicyclic) bond motifs is 1. The van der Waals surface area contributed by atoms with Crippen LogP contribution in [0.2, 0.25) is 0 Å². The predicted octanol–water partition coefficient (Wildman–Crippen LogP) is 4.13. The second-order valence-corrected chi connectivity index (χ2v) is 5.02. The van der Waals surface area contributed by atoms with Gasteiger partial charge in [-0.05, 0) is 49.2 Å². The van der Waals surface area contributed by atoms with Gasteiger partial charge in [0.25, 0.3) is 0 Å². The van der Waals surface area contributed by atoms with Gasteiger partial charge in [-0.25, -0.2) is 0 Å². The molecule has 1 aromatic carbocycles. The van der Waals surface area contributed by atoms with Gasteiger partial charge >= 0.3 is 0 Å². The van der Waals surface area contributed by atoms with Gasteiger partial charge in [-0.3, -0.25) is 4.79 Å². The van der Waals surface area contributed by atoms with Crippen LogP contribution in [0.3, 0.4) is 0 Å². The molecule has 0 atom stereocenters. The van der Waals surface area contributed by atoms with Crippen molar-refractivity contribution in [2.24, 2.45) is 0 Å². The van der Waals surface area contributed by atoms with Crippen molar-refractivity contribution in [1.82, 2.24) is 4.40 Å². The summed E-state index contributed by atoms with van der Waals surface area (Å²) in [7, 11) is 0. The Balaban J connectivity index is 2.13. The van der Waals surface area contributed by atoms with Crippen LogP contribution in [0.1, 0.15) is 23.0 Å². The first-order chi connectivity index (χ1) is 10.2. The number of hydrogen-bond acceptors (Lipinski definition) is 2. The summed E-state index contributed by atoms with van der Waals surface area (Å²) in [6, 6.07) is 14.0. The van der Waals surface area contributed by atoms with E-state index in [0.29, 0.717) is 12.3 Å². The van der Waals surface area contributed by atoms with E-state index in [2.05, 4.69) is 0 Å². The van der Waals surface area contributed by atoms with E-state index in [9.17, 15) is 4.79 Å². The molecule has 0 aliphatic rings. The van der Waals surface area contributed by atoms with Gasteiger partial charge < -0.3 is 9.14 Å². The van der Waals surface area contributed by atoms with Crippen LogP contribution < -0.4 is 4.74 Å². The van der Waals surface area contributed by atoms with Gasteiger partial charge in [0.15, 0.2) is 6.29 Å². The van der Waals surface area contributed by atoms with E-state index in [0.717, 1.165) is 34.2 Å². The van der Waals surface area contributed by atoms with Crippen LogP contribution in [-0.4, -0.2) is 17.3 Å². The van der Waals surface area contributed by atoms with Crippen molar-refractivity contribution in [1.29, 1.82) is 0 Å². The molecule has 0 radical (unpaired) electrons. The summed E-state index contributed by atoms with van der Waals surface area (Å²) in [6.45, 7) is 4.63. The molecule has 0 fully saturated rings. The Bertz CT molecular complexity index is 785. The van der Waals surface area contributed by atoms with Crippen molar-refractivity contribution in [2.45, 2.75) is 13.8 Å². The van der Waals surface area contributed by atoms with Crippen LogP contribution in [0.25, 0.3) is 16.6 Å². The normalized spacial score (nSPS) is 10.8. The predicted molar refractivity (Wildman–Crippen MR) is 84.1 cm³/mol. The van der Waals surface area contributed by atoms with Crippen LogP contribution in [0.5, 0.6) is 5.75 Å². The topological polar surface area (TPSA) is 30.7 Å². The van der Waals surface area contributed by atoms with Crippen LogP contribution in [0.4, 0.5) is 0 Å². The molecule has 2 aromatic heterocycles. The zero-order chi connectivity index (χ0) is 14.8.